The Bertz CT molecular complexity index is 687. The van der Waals surface area contributed by atoms with Gasteiger partial charge >= 0.3 is 5.97 Å². The van der Waals surface area contributed by atoms with E-state index in [9.17, 15) is 14.9 Å². The van der Waals surface area contributed by atoms with Crippen LogP contribution in [0.2, 0.25) is 0 Å². The van der Waals surface area contributed by atoms with Crippen molar-refractivity contribution in [2.45, 2.75) is 19.4 Å². The average molecular weight is 319 g/mol. The number of amides is 1. The minimum atomic E-state index is -1.08. The first-order valence-corrected chi connectivity index (χ1v) is 7.36. The van der Waals surface area contributed by atoms with Crippen LogP contribution in [-0.4, -0.2) is 23.5 Å². The number of carbonyl (C=O) groups excluding carboxylic acids is 2. The van der Waals surface area contributed by atoms with Crippen LogP contribution >= 0.6 is 11.3 Å². The van der Waals surface area contributed by atoms with Gasteiger partial charge in [-0.05, 0) is 19.1 Å². The fourth-order valence-corrected chi connectivity index (χ4v) is 2.46. The van der Waals surface area contributed by atoms with Crippen LogP contribution in [0.5, 0.6) is 0 Å². The third-order valence-electron chi connectivity index (χ3n) is 2.66. The zero-order valence-electron chi connectivity index (χ0n) is 11.7. The quantitative estimate of drug-likeness (QED) is 0.814. The molecule has 2 heterocycles. The second kappa shape index (κ2) is 7.38. The summed E-state index contributed by atoms with van der Waals surface area (Å²) in [5, 5.41) is 13.5. The second-order valence-corrected chi connectivity index (χ2v) is 5.04. The number of carbonyl (C=O) groups is 2. The molecular weight excluding hydrogens is 306 g/mol. The van der Waals surface area contributed by atoms with Crippen LogP contribution in [0.4, 0.5) is 0 Å². The van der Waals surface area contributed by atoms with E-state index in [0.717, 1.165) is 11.3 Å². The van der Waals surface area contributed by atoms with E-state index >= 15 is 0 Å². The van der Waals surface area contributed by atoms with Crippen LogP contribution in [0.1, 0.15) is 34.1 Å². The molecule has 0 aliphatic heterocycles. The van der Waals surface area contributed by atoms with Gasteiger partial charge in [-0.1, -0.05) is 0 Å². The lowest BCUT2D eigenvalue weighted by atomic mass is 10.1. The highest BCUT2D eigenvalue weighted by Gasteiger charge is 2.25. The van der Waals surface area contributed by atoms with Crippen molar-refractivity contribution in [1.29, 1.82) is 5.26 Å². The number of nitrogens with zero attached hydrogens (tertiary/aromatic N) is 2. The van der Waals surface area contributed by atoms with E-state index < -0.39 is 17.8 Å². The van der Waals surface area contributed by atoms with Gasteiger partial charge in [-0.3, -0.25) is 4.79 Å². The van der Waals surface area contributed by atoms with Crippen molar-refractivity contribution in [3.05, 3.63) is 40.2 Å². The largest absolute Gasteiger partial charge is 0.467 e. The molecule has 0 aliphatic rings. The summed E-state index contributed by atoms with van der Waals surface area (Å²) >= 11 is 1.07. The predicted octanol–water partition coefficient (Wildman–Crippen LogP) is 1.84. The lowest BCUT2D eigenvalue weighted by Gasteiger charge is -2.06. The van der Waals surface area contributed by atoms with Crippen molar-refractivity contribution in [2.75, 3.05) is 6.61 Å². The van der Waals surface area contributed by atoms with Gasteiger partial charge in [0.05, 0.1) is 25.5 Å². The molecule has 114 valence electrons. The number of rotatable bonds is 6. The molecule has 0 saturated carbocycles. The number of hydrogen-bond acceptors (Lipinski definition) is 7. The van der Waals surface area contributed by atoms with Gasteiger partial charge in [0, 0.05) is 5.38 Å². The van der Waals surface area contributed by atoms with Crippen LogP contribution in [0.3, 0.4) is 0 Å². The Morgan fingerprint density at radius 2 is 2.41 bits per heavy atom. The first kappa shape index (κ1) is 15.7. The monoisotopic (exact) mass is 319 g/mol. The summed E-state index contributed by atoms with van der Waals surface area (Å²) in [5.74, 6) is -1.57. The molecule has 0 spiro atoms. The van der Waals surface area contributed by atoms with Crippen LogP contribution < -0.4 is 5.32 Å². The van der Waals surface area contributed by atoms with E-state index in [1.165, 1.54) is 11.6 Å². The predicted molar refractivity (Wildman–Crippen MR) is 77.0 cm³/mol. The molecule has 0 aromatic carbocycles. The first-order chi connectivity index (χ1) is 10.7. The first-order valence-electron chi connectivity index (χ1n) is 6.48. The van der Waals surface area contributed by atoms with Gasteiger partial charge in [-0.25, -0.2) is 9.78 Å². The summed E-state index contributed by atoms with van der Waals surface area (Å²) in [6.45, 7) is 2.10. The fraction of sp³-hybridized carbons (Fsp3) is 0.286. The summed E-state index contributed by atoms with van der Waals surface area (Å²) < 4.78 is 9.91. The zero-order valence-corrected chi connectivity index (χ0v) is 12.6. The average Bonchev–Trinajstić information content (AvgIpc) is 3.18. The minimum absolute atomic E-state index is 0.0981. The number of furan rings is 1. The smallest absolute Gasteiger partial charge is 0.357 e. The highest BCUT2D eigenvalue weighted by atomic mass is 32.1. The molecule has 0 fully saturated rings. The van der Waals surface area contributed by atoms with E-state index in [0.29, 0.717) is 5.76 Å². The summed E-state index contributed by atoms with van der Waals surface area (Å²) in [6.07, 6.45) is 1.50. The van der Waals surface area contributed by atoms with Crippen molar-refractivity contribution < 1.29 is 18.7 Å². The number of aromatic nitrogens is 1. The Labute approximate surface area is 130 Å². The Morgan fingerprint density at radius 3 is 3.05 bits per heavy atom. The highest BCUT2D eigenvalue weighted by Crippen LogP contribution is 2.21. The number of ether oxygens (including phenoxy) is 1. The van der Waals surface area contributed by atoms with Gasteiger partial charge in [0.15, 0.2) is 11.6 Å². The number of esters is 1. The number of nitrogens with one attached hydrogen (secondary N) is 1. The van der Waals surface area contributed by atoms with Crippen LogP contribution in [0.25, 0.3) is 0 Å². The van der Waals surface area contributed by atoms with Gasteiger partial charge in [-0.15, -0.1) is 11.3 Å². The van der Waals surface area contributed by atoms with Crippen molar-refractivity contribution >= 4 is 23.2 Å². The molecule has 8 heteroatoms. The van der Waals surface area contributed by atoms with E-state index in [1.54, 1.807) is 19.1 Å². The molecule has 0 aliphatic carbocycles. The molecule has 2 aromatic heterocycles. The second-order valence-electron chi connectivity index (χ2n) is 4.15. The maximum Gasteiger partial charge on any atom is 0.357 e. The van der Waals surface area contributed by atoms with Crippen LogP contribution in [0.15, 0.2) is 28.2 Å². The lowest BCUT2D eigenvalue weighted by Crippen LogP contribution is -2.28. The van der Waals surface area contributed by atoms with Crippen molar-refractivity contribution in [3.63, 3.8) is 0 Å². The molecule has 1 atom stereocenters. The standard InChI is InChI=1S/C14H13N3O4S/c1-2-20-14(19)11-8-22-13(17-11)10(6-15)12(18)16-7-9-4-3-5-21-9/h3-5,8,10H,2,7H2,1H3,(H,16,18)/t10-/m1/s1. The topological polar surface area (TPSA) is 105 Å². The summed E-state index contributed by atoms with van der Waals surface area (Å²) in [7, 11) is 0. The van der Waals surface area contributed by atoms with E-state index in [2.05, 4.69) is 10.3 Å². The van der Waals surface area contributed by atoms with Gasteiger partial charge in [0.1, 0.15) is 10.8 Å². The van der Waals surface area contributed by atoms with Gasteiger partial charge in [0.2, 0.25) is 5.91 Å². The molecule has 1 amide bonds. The molecule has 7 nitrogen and oxygen atoms in total. The third-order valence-corrected chi connectivity index (χ3v) is 3.57. The molecule has 0 saturated heterocycles. The summed E-state index contributed by atoms with van der Waals surface area (Å²) in [6, 6.07) is 5.30. The Balaban J connectivity index is 2.03. The Morgan fingerprint density at radius 1 is 1.59 bits per heavy atom. The van der Waals surface area contributed by atoms with Crippen molar-refractivity contribution in [3.8, 4) is 6.07 Å². The number of thiazole rings is 1. The van der Waals surface area contributed by atoms with Gasteiger partial charge in [-0.2, -0.15) is 5.26 Å². The SMILES string of the molecule is CCOC(=O)c1csc([C@H](C#N)C(=O)NCc2ccco2)n1. The molecule has 0 unspecified atom stereocenters. The van der Waals surface area contributed by atoms with E-state index in [1.807, 2.05) is 6.07 Å². The van der Waals surface area contributed by atoms with E-state index in [-0.39, 0.29) is 23.9 Å². The maximum atomic E-state index is 12.0. The molecule has 1 N–H and O–H groups in total. The van der Waals surface area contributed by atoms with E-state index in [4.69, 9.17) is 9.15 Å². The fourth-order valence-electron chi connectivity index (χ4n) is 1.63. The van der Waals surface area contributed by atoms with Crippen molar-refractivity contribution in [2.24, 2.45) is 0 Å². The zero-order chi connectivity index (χ0) is 15.9. The van der Waals surface area contributed by atoms with Crippen molar-refractivity contribution in [1.82, 2.24) is 10.3 Å². The van der Waals surface area contributed by atoms with Gasteiger partial charge in [0.25, 0.3) is 0 Å². The molecular formula is C14H13N3O4S. The lowest BCUT2D eigenvalue weighted by molar-refractivity contribution is -0.121. The Kier molecular flexibility index (Phi) is 5.27. The molecule has 2 aromatic rings. The normalized spacial score (nSPS) is 11.5. The summed E-state index contributed by atoms with van der Waals surface area (Å²) in [4.78, 5) is 27.6. The van der Waals surface area contributed by atoms with Gasteiger partial charge < -0.3 is 14.5 Å². The molecule has 2 rings (SSSR count). The maximum absolute atomic E-state index is 12.0. The molecule has 0 bridgehead atoms. The molecule has 0 radical (unpaired) electrons. The number of hydrogen-bond donors (Lipinski definition) is 1. The minimum Gasteiger partial charge on any atom is -0.467 e. The Hall–Kier alpha value is -2.66. The number of nitriles is 1. The van der Waals surface area contributed by atoms with Crippen LogP contribution in [-0.2, 0) is 16.1 Å². The highest BCUT2D eigenvalue weighted by molar-refractivity contribution is 7.10. The third kappa shape index (κ3) is 3.71. The summed E-state index contributed by atoms with van der Waals surface area (Å²) in [5.41, 5.74) is 0.0981. The van der Waals surface area contributed by atoms with Crippen LogP contribution in [0, 0.1) is 11.3 Å². The molecule has 22 heavy (non-hydrogen) atoms.